The number of fused-ring (bicyclic) bond motifs is 1. The first-order chi connectivity index (χ1) is 12.6. The highest BCUT2D eigenvalue weighted by Crippen LogP contribution is 2.22. The lowest BCUT2D eigenvalue weighted by molar-refractivity contribution is -0.121. The Morgan fingerprint density at radius 2 is 1.54 bits per heavy atom. The molecule has 2 aromatic rings. The van der Waals surface area contributed by atoms with E-state index in [2.05, 4.69) is 12.2 Å². The minimum Gasteiger partial charge on any atom is -0.356 e. The van der Waals surface area contributed by atoms with Crippen LogP contribution in [0.2, 0.25) is 0 Å². The summed E-state index contributed by atoms with van der Waals surface area (Å²) >= 11 is 0. The summed E-state index contributed by atoms with van der Waals surface area (Å²) in [5.41, 5.74) is 2.07. The third-order valence-electron chi connectivity index (χ3n) is 4.64. The van der Waals surface area contributed by atoms with E-state index in [4.69, 9.17) is 0 Å². The second kappa shape index (κ2) is 7.95. The highest BCUT2D eigenvalue weighted by Gasteiger charge is 2.34. The first-order valence-corrected chi connectivity index (χ1v) is 8.85. The average molecular weight is 350 g/mol. The molecule has 1 atom stereocenters. The van der Waals surface area contributed by atoms with Gasteiger partial charge in [-0.05, 0) is 30.0 Å². The number of carbonyl (C=O) groups excluding carboxylic acids is 3. The van der Waals surface area contributed by atoms with Crippen LogP contribution in [0.1, 0.15) is 52.0 Å². The number of carbonyl (C=O) groups is 3. The zero-order valence-corrected chi connectivity index (χ0v) is 14.8. The molecule has 3 amide bonds. The number of imide groups is 1. The topological polar surface area (TPSA) is 66.5 Å². The van der Waals surface area contributed by atoms with Gasteiger partial charge in [0.2, 0.25) is 5.91 Å². The summed E-state index contributed by atoms with van der Waals surface area (Å²) in [5.74, 6) is -0.381. The van der Waals surface area contributed by atoms with Gasteiger partial charge in [-0.1, -0.05) is 49.4 Å². The van der Waals surface area contributed by atoms with Crippen molar-refractivity contribution in [3.05, 3.63) is 71.3 Å². The lowest BCUT2D eigenvalue weighted by atomic mass is 10.0. The van der Waals surface area contributed by atoms with Crippen molar-refractivity contribution in [3.8, 4) is 0 Å². The van der Waals surface area contributed by atoms with E-state index in [0.717, 1.165) is 0 Å². The maximum Gasteiger partial charge on any atom is 0.261 e. The Morgan fingerprint density at radius 1 is 0.962 bits per heavy atom. The molecule has 1 aliphatic heterocycles. The zero-order chi connectivity index (χ0) is 18.5. The van der Waals surface area contributed by atoms with Crippen molar-refractivity contribution < 1.29 is 14.4 Å². The van der Waals surface area contributed by atoms with Gasteiger partial charge in [0.15, 0.2) is 0 Å². The third-order valence-corrected chi connectivity index (χ3v) is 4.64. The van der Waals surface area contributed by atoms with Crippen molar-refractivity contribution in [2.45, 2.75) is 25.7 Å². The second-order valence-electron chi connectivity index (χ2n) is 6.53. The monoisotopic (exact) mass is 350 g/mol. The number of benzene rings is 2. The van der Waals surface area contributed by atoms with E-state index in [0.29, 0.717) is 24.1 Å². The number of nitrogens with zero attached hydrogens (tertiary/aromatic N) is 1. The van der Waals surface area contributed by atoms with Crippen LogP contribution >= 0.6 is 0 Å². The van der Waals surface area contributed by atoms with Gasteiger partial charge in [0.05, 0.1) is 11.1 Å². The summed E-state index contributed by atoms with van der Waals surface area (Å²) < 4.78 is 0. The van der Waals surface area contributed by atoms with Crippen molar-refractivity contribution >= 4 is 17.7 Å². The predicted molar refractivity (Wildman–Crippen MR) is 98.9 cm³/mol. The zero-order valence-electron chi connectivity index (χ0n) is 14.8. The molecule has 1 heterocycles. The van der Waals surface area contributed by atoms with Crippen LogP contribution in [0.4, 0.5) is 0 Å². The molecule has 0 unspecified atom stereocenters. The molecule has 2 aromatic carbocycles. The molecule has 0 saturated carbocycles. The third kappa shape index (κ3) is 3.82. The van der Waals surface area contributed by atoms with Crippen molar-refractivity contribution in [1.82, 2.24) is 10.2 Å². The van der Waals surface area contributed by atoms with Gasteiger partial charge in [-0.3, -0.25) is 19.3 Å². The Bertz CT molecular complexity index is 782. The summed E-state index contributed by atoms with van der Waals surface area (Å²) in [5, 5.41) is 2.92. The molecule has 0 spiro atoms. The Kier molecular flexibility index (Phi) is 5.46. The van der Waals surface area contributed by atoms with E-state index in [1.165, 1.54) is 10.5 Å². The maximum atomic E-state index is 12.3. The van der Waals surface area contributed by atoms with Crippen LogP contribution in [0.3, 0.4) is 0 Å². The molecule has 0 saturated heterocycles. The van der Waals surface area contributed by atoms with E-state index in [-0.39, 0.29) is 36.6 Å². The Morgan fingerprint density at radius 3 is 2.15 bits per heavy atom. The molecule has 0 bridgehead atoms. The molecular formula is C21H22N2O3. The Balaban J connectivity index is 1.43. The normalized spacial score (nSPS) is 14.3. The van der Waals surface area contributed by atoms with Crippen molar-refractivity contribution in [3.63, 3.8) is 0 Å². The quantitative estimate of drug-likeness (QED) is 0.781. The maximum absolute atomic E-state index is 12.3. The lowest BCUT2D eigenvalue weighted by Crippen LogP contribution is -2.32. The molecule has 0 aliphatic carbocycles. The molecule has 0 radical (unpaired) electrons. The minimum atomic E-state index is -0.274. The predicted octanol–water partition coefficient (Wildman–Crippen LogP) is 2.98. The second-order valence-corrected chi connectivity index (χ2v) is 6.53. The molecular weight excluding hydrogens is 328 g/mol. The summed E-state index contributed by atoms with van der Waals surface area (Å²) in [4.78, 5) is 37.8. The fourth-order valence-electron chi connectivity index (χ4n) is 3.09. The van der Waals surface area contributed by atoms with Crippen LogP contribution in [0.25, 0.3) is 0 Å². The molecule has 26 heavy (non-hydrogen) atoms. The molecule has 1 aliphatic rings. The highest BCUT2D eigenvalue weighted by molar-refractivity contribution is 6.21. The van der Waals surface area contributed by atoms with Crippen molar-refractivity contribution in [2.75, 3.05) is 13.1 Å². The van der Waals surface area contributed by atoms with Crippen LogP contribution in [0.5, 0.6) is 0 Å². The van der Waals surface area contributed by atoms with Crippen molar-refractivity contribution in [2.24, 2.45) is 0 Å². The van der Waals surface area contributed by atoms with Gasteiger partial charge in [-0.15, -0.1) is 0 Å². The molecule has 0 fully saturated rings. The molecule has 3 rings (SSSR count). The first kappa shape index (κ1) is 17.9. The SMILES string of the molecule is C[C@@H](CNC(=O)CCCN1C(=O)c2ccccc2C1=O)c1ccccc1. The van der Waals surface area contributed by atoms with E-state index in [1.54, 1.807) is 24.3 Å². The van der Waals surface area contributed by atoms with Gasteiger partial charge < -0.3 is 5.32 Å². The van der Waals surface area contributed by atoms with E-state index >= 15 is 0 Å². The summed E-state index contributed by atoms with van der Waals surface area (Å²) in [6.07, 6.45) is 0.742. The smallest absolute Gasteiger partial charge is 0.261 e. The van der Waals surface area contributed by atoms with Gasteiger partial charge in [-0.2, -0.15) is 0 Å². The number of rotatable bonds is 7. The average Bonchev–Trinajstić information content (AvgIpc) is 2.92. The van der Waals surface area contributed by atoms with Gasteiger partial charge in [0.25, 0.3) is 11.8 Å². The van der Waals surface area contributed by atoms with Crippen LogP contribution in [0, 0.1) is 0 Å². The highest BCUT2D eigenvalue weighted by atomic mass is 16.2. The molecule has 5 heteroatoms. The van der Waals surface area contributed by atoms with E-state index in [1.807, 2.05) is 30.3 Å². The number of nitrogens with one attached hydrogen (secondary N) is 1. The molecule has 5 nitrogen and oxygen atoms in total. The van der Waals surface area contributed by atoms with Gasteiger partial charge >= 0.3 is 0 Å². The Labute approximate surface area is 153 Å². The van der Waals surface area contributed by atoms with Crippen LogP contribution in [0.15, 0.2) is 54.6 Å². The van der Waals surface area contributed by atoms with Gasteiger partial charge in [0.1, 0.15) is 0 Å². The fourth-order valence-corrected chi connectivity index (χ4v) is 3.09. The van der Waals surface area contributed by atoms with Crippen molar-refractivity contribution in [1.29, 1.82) is 0 Å². The molecule has 134 valence electrons. The van der Waals surface area contributed by atoms with Crippen LogP contribution in [-0.4, -0.2) is 35.7 Å². The molecule has 1 N–H and O–H groups in total. The van der Waals surface area contributed by atoms with Gasteiger partial charge in [0, 0.05) is 19.5 Å². The summed E-state index contributed by atoms with van der Waals surface area (Å²) in [6.45, 7) is 2.89. The minimum absolute atomic E-state index is 0.0654. The number of hydrogen-bond acceptors (Lipinski definition) is 3. The summed E-state index contributed by atoms with van der Waals surface area (Å²) in [6, 6.07) is 16.8. The standard InChI is InChI=1S/C21H22N2O3/c1-15(16-8-3-2-4-9-16)14-22-19(24)12-7-13-23-20(25)17-10-5-6-11-18(17)21(23)26/h2-6,8-11,15H,7,12-14H2,1H3,(H,22,24)/t15-/m0/s1. The Hall–Kier alpha value is -2.95. The fraction of sp³-hybridized carbons (Fsp3) is 0.286. The lowest BCUT2D eigenvalue weighted by Gasteiger charge is -2.15. The van der Waals surface area contributed by atoms with Crippen LogP contribution < -0.4 is 5.32 Å². The van der Waals surface area contributed by atoms with E-state index < -0.39 is 0 Å². The first-order valence-electron chi connectivity index (χ1n) is 8.85. The number of hydrogen-bond donors (Lipinski definition) is 1. The van der Waals surface area contributed by atoms with Gasteiger partial charge in [-0.25, -0.2) is 0 Å². The molecule has 0 aromatic heterocycles. The largest absolute Gasteiger partial charge is 0.356 e. The van der Waals surface area contributed by atoms with E-state index in [9.17, 15) is 14.4 Å². The van der Waals surface area contributed by atoms with Crippen LogP contribution in [-0.2, 0) is 4.79 Å². The summed E-state index contributed by atoms with van der Waals surface area (Å²) in [7, 11) is 0. The number of amides is 3.